The Labute approximate surface area is 62.7 Å². The summed E-state index contributed by atoms with van der Waals surface area (Å²) in [5.74, 6) is 0.140. The van der Waals surface area contributed by atoms with E-state index in [9.17, 15) is 4.79 Å². The Bertz CT molecular complexity index is 164. The van der Waals surface area contributed by atoms with Crippen molar-refractivity contribution in [2.24, 2.45) is 0 Å². The maximum absolute atomic E-state index is 10.7. The van der Waals surface area contributed by atoms with E-state index in [0.29, 0.717) is 0 Å². The summed E-state index contributed by atoms with van der Waals surface area (Å²) < 4.78 is 1.11. The fraction of sp³-hybridized carbons (Fsp3) is 0.500. The number of carbonyl (C=O) groups excluding carboxylic acids is 1. The van der Waals surface area contributed by atoms with Gasteiger partial charge < -0.3 is 4.90 Å². The van der Waals surface area contributed by atoms with E-state index in [2.05, 4.69) is 15.9 Å². The number of hydrogen-bond acceptors (Lipinski definition) is 1. The molecule has 0 fully saturated rings. The van der Waals surface area contributed by atoms with Crippen LogP contribution >= 0.6 is 15.9 Å². The molecule has 1 amide bonds. The first-order valence-electron chi connectivity index (χ1n) is 2.80. The monoisotopic (exact) mass is 189 g/mol. The molecule has 0 aromatic rings. The number of carbonyl (C=O) groups is 1. The normalized spacial score (nSPS) is 18.0. The van der Waals surface area contributed by atoms with Gasteiger partial charge >= 0.3 is 0 Å². The molecule has 0 N–H and O–H groups in total. The van der Waals surface area contributed by atoms with Crippen molar-refractivity contribution in [3.05, 3.63) is 10.6 Å². The van der Waals surface area contributed by atoms with Gasteiger partial charge in [0.25, 0.3) is 0 Å². The molecule has 0 radical (unpaired) electrons. The van der Waals surface area contributed by atoms with Gasteiger partial charge in [0.2, 0.25) is 5.91 Å². The molecule has 1 aliphatic heterocycles. The molecular weight excluding hydrogens is 182 g/mol. The molecule has 0 bridgehead atoms. The Morgan fingerprint density at radius 3 is 2.78 bits per heavy atom. The first-order valence-corrected chi connectivity index (χ1v) is 3.59. The smallest absolute Gasteiger partial charge is 0.220 e. The highest BCUT2D eigenvalue weighted by molar-refractivity contribution is 9.11. The van der Waals surface area contributed by atoms with Gasteiger partial charge in [-0.15, -0.1) is 0 Å². The van der Waals surface area contributed by atoms with Crippen molar-refractivity contribution in [3.63, 3.8) is 0 Å². The lowest BCUT2D eigenvalue weighted by Gasteiger charge is -2.11. The summed E-state index contributed by atoms with van der Waals surface area (Å²) in [7, 11) is 0. The van der Waals surface area contributed by atoms with Crippen LogP contribution in [0.15, 0.2) is 10.6 Å². The SMILES string of the molecule is CC(=O)N1CC=C(Br)C1. The third kappa shape index (κ3) is 1.55. The fourth-order valence-electron chi connectivity index (χ4n) is 0.761. The molecule has 0 unspecified atom stereocenters. The molecule has 1 aliphatic rings. The maximum Gasteiger partial charge on any atom is 0.220 e. The Morgan fingerprint density at radius 2 is 2.56 bits per heavy atom. The van der Waals surface area contributed by atoms with Crippen molar-refractivity contribution in [1.82, 2.24) is 4.90 Å². The van der Waals surface area contributed by atoms with Crippen molar-refractivity contribution in [1.29, 1.82) is 0 Å². The summed E-state index contributed by atoms with van der Waals surface area (Å²) in [4.78, 5) is 12.4. The van der Waals surface area contributed by atoms with Gasteiger partial charge in [-0.2, -0.15) is 0 Å². The minimum absolute atomic E-state index is 0.140. The standard InChI is InChI=1S/C6H8BrNO/c1-5(9)8-3-2-6(7)4-8/h2H,3-4H2,1H3. The summed E-state index contributed by atoms with van der Waals surface area (Å²) in [6, 6.07) is 0. The highest BCUT2D eigenvalue weighted by Crippen LogP contribution is 2.13. The van der Waals surface area contributed by atoms with Crippen molar-refractivity contribution >= 4 is 21.8 Å². The molecule has 0 aromatic carbocycles. The van der Waals surface area contributed by atoms with Crippen molar-refractivity contribution in [3.8, 4) is 0 Å². The average Bonchev–Trinajstić information content (AvgIpc) is 2.14. The molecule has 0 aromatic heterocycles. The van der Waals surface area contributed by atoms with E-state index in [1.54, 1.807) is 11.8 Å². The van der Waals surface area contributed by atoms with Gasteiger partial charge in [-0.05, 0) is 0 Å². The number of nitrogens with zero attached hydrogens (tertiary/aromatic N) is 1. The van der Waals surface area contributed by atoms with Crippen LogP contribution in [0.5, 0.6) is 0 Å². The van der Waals surface area contributed by atoms with Crippen molar-refractivity contribution in [2.45, 2.75) is 6.92 Å². The molecule has 0 saturated carbocycles. The number of rotatable bonds is 0. The first-order chi connectivity index (χ1) is 4.20. The van der Waals surface area contributed by atoms with E-state index in [0.717, 1.165) is 17.6 Å². The van der Waals surface area contributed by atoms with Crippen LogP contribution in [0.2, 0.25) is 0 Å². The minimum Gasteiger partial charge on any atom is -0.334 e. The number of hydrogen-bond donors (Lipinski definition) is 0. The molecule has 9 heavy (non-hydrogen) atoms. The Hall–Kier alpha value is -0.310. The fourth-order valence-corrected chi connectivity index (χ4v) is 1.21. The lowest BCUT2D eigenvalue weighted by Crippen LogP contribution is -2.25. The zero-order valence-electron chi connectivity index (χ0n) is 5.22. The topological polar surface area (TPSA) is 20.3 Å². The largest absolute Gasteiger partial charge is 0.334 e. The minimum atomic E-state index is 0.140. The van der Waals surface area contributed by atoms with Gasteiger partial charge in [-0.3, -0.25) is 4.79 Å². The van der Waals surface area contributed by atoms with Crippen LogP contribution in [0.4, 0.5) is 0 Å². The van der Waals surface area contributed by atoms with Crippen LogP contribution in [-0.2, 0) is 4.79 Å². The molecule has 0 aliphatic carbocycles. The third-order valence-corrected chi connectivity index (χ3v) is 1.89. The Kier molecular flexibility index (Phi) is 1.90. The number of amides is 1. The van der Waals surface area contributed by atoms with Crippen LogP contribution in [0, 0.1) is 0 Å². The number of halogens is 1. The van der Waals surface area contributed by atoms with Gasteiger partial charge in [0.1, 0.15) is 0 Å². The van der Waals surface area contributed by atoms with Crippen LogP contribution in [0.25, 0.3) is 0 Å². The van der Waals surface area contributed by atoms with E-state index < -0.39 is 0 Å². The molecular formula is C6H8BrNO. The summed E-state index contributed by atoms with van der Waals surface area (Å²) in [5.41, 5.74) is 0. The Morgan fingerprint density at radius 1 is 1.89 bits per heavy atom. The second kappa shape index (κ2) is 2.52. The molecule has 0 atom stereocenters. The molecule has 50 valence electrons. The van der Waals surface area contributed by atoms with Gasteiger partial charge in [0.05, 0.1) is 6.54 Å². The molecule has 2 nitrogen and oxygen atoms in total. The second-order valence-corrected chi connectivity index (χ2v) is 3.07. The molecule has 0 saturated heterocycles. The molecule has 1 heterocycles. The van der Waals surface area contributed by atoms with E-state index >= 15 is 0 Å². The summed E-state index contributed by atoms with van der Waals surface area (Å²) in [6.45, 7) is 3.09. The van der Waals surface area contributed by atoms with Crippen LogP contribution in [-0.4, -0.2) is 23.9 Å². The predicted molar refractivity (Wildman–Crippen MR) is 39.3 cm³/mol. The second-order valence-electron chi connectivity index (χ2n) is 2.05. The Balaban J connectivity index is 2.47. The van der Waals surface area contributed by atoms with E-state index in [1.165, 1.54) is 0 Å². The van der Waals surface area contributed by atoms with Gasteiger partial charge in [-0.1, -0.05) is 22.0 Å². The van der Waals surface area contributed by atoms with E-state index in [1.807, 2.05) is 6.08 Å². The lowest BCUT2D eigenvalue weighted by molar-refractivity contribution is -0.127. The van der Waals surface area contributed by atoms with Gasteiger partial charge in [0, 0.05) is 18.0 Å². The quantitative estimate of drug-likeness (QED) is 0.560. The average molecular weight is 190 g/mol. The van der Waals surface area contributed by atoms with Crippen molar-refractivity contribution in [2.75, 3.05) is 13.1 Å². The highest BCUT2D eigenvalue weighted by Gasteiger charge is 2.13. The maximum atomic E-state index is 10.7. The summed E-state index contributed by atoms with van der Waals surface area (Å²) in [6.07, 6.45) is 2.00. The van der Waals surface area contributed by atoms with Crippen molar-refractivity contribution < 1.29 is 4.79 Å². The third-order valence-electron chi connectivity index (χ3n) is 1.32. The van der Waals surface area contributed by atoms with Crippen LogP contribution in [0.1, 0.15) is 6.92 Å². The van der Waals surface area contributed by atoms with Crippen LogP contribution in [0.3, 0.4) is 0 Å². The van der Waals surface area contributed by atoms with Crippen LogP contribution < -0.4 is 0 Å². The predicted octanol–water partition coefficient (Wildman–Crippen LogP) is 1.13. The summed E-state index contributed by atoms with van der Waals surface area (Å²) in [5, 5.41) is 0. The molecule has 1 rings (SSSR count). The summed E-state index contributed by atoms with van der Waals surface area (Å²) >= 11 is 3.31. The highest BCUT2D eigenvalue weighted by atomic mass is 79.9. The lowest BCUT2D eigenvalue weighted by atomic mass is 10.5. The van der Waals surface area contributed by atoms with Gasteiger partial charge in [0.15, 0.2) is 0 Å². The van der Waals surface area contributed by atoms with E-state index in [-0.39, 0.29) is 5.91 Å². The van der Waals surface area contributed by atoms with Gasteiger partial charge in [-0.25, -0.2) is 0 Å². The molecule has 3 heteroatoms. The zero-order valence-corrected chi connectivity index (χ0v) is 6.81. The van der Waals surface area contributed by atoms with E-state index in [4.69, 9.17) is 0 Å². The first kappa shape index (κ1) is 6.81. The molecule has 0 spiro atoms. The zero-order chi connectivity index (χ0) is 6.85.